The largest absolute Gasteiger partial charge is 0.459 e. The summed E-state index contributed by atoms with van der Waals surface area (Å²) in [6, 6.07) is 5.59. The second kappa shape index (κ2) is 5.12. The van der Waals surface area contributed by atoms with Crippen LogP contribution in [0, 0.1) is 6.92 Å². The third kappa shape index (κ3) is 2.48. The first-order valence-corrected chi connectivity index (χ1v) is 7.68. The summed E-state index contributed by atoms with van der Waals surface area (Å²) in [5.41, 5.74) is 1.84. The second-order valence-corrected chi connectivity index (χ2v) is 6.33. The molecule has 0 aliphatic heterocycles. The highest BCUT2D eigenvalue weighted by Crippen LogP contribution is 2.34. The first-order chi connectivity index (χ1) is 9.15. The second-order valence-electron chi connectivity index (χ2n) is 5.47. The summed E-state index contributed by atoms with van der Waals surface area (Å²) in [4.78, 5) is 12.3. The first kappa shape index (κ1) is 12.9. The summed E-state index contributed by atoms with van der Waals surface area (Å²) in [5.74, 6) is 1.28. The van der Waals surface area contributed by atoms with Gasteiger partial charge in [0.15, 0.2) is 11.0 Å². The van der Waals surface area contributed by atoms with Crippen molar-refractivity contribution in [3.63, 3.8) is 0 Å². The molecule has 0 N–H and O–H groups in total. The Kier molecular flexibility index (Phi) is 3.48. The Bertz CT molecular complexity index is 666. The van der Waals surface area contributed by atoms with Gasteiger partial charge in [0.2, 0.25) is 0 Å². The number of benzene rings is 1. The molecule has 0 spiro atoms. The first-order valence-electron chi connectivity index (χ1n) is 6.89. The van der Waals surface area contributed by atoms with Gasteiger partial charge in [-0.1, -0.05) is 19.3 Å². The summed E-state index contributed by atoms with van der Waals surface area (Å²) in [5, 5.41) is 0.673. The third-order valence-corrected chi connectivity index (χ3v) is 4.54. The topological polar surface area (TPSA) is 30.2 Å². The van der Waals surface area contributed by atoms with E-state index in [0.717, 1.165) is 28.6 Å². The molecule has 0 bridgehead atoms. The van der Waals surface area contributed by atoms with Crippen LogP contribution in [-0.4, -0.2) is 0 Å². The summed E-state index contributed by atoms with van der Waals surface area (Å²) in [7, 11) is 0. The van der Waals surface area contributed by atoms with Crippen LogP contribution in [0.1, 0.15) is 49.3 Å². The molecule has 3 rings (SSSR count). The lowest BCUT2D eigenvalue weighted by Gasteiger charge is -2.20. The quantitative estimate of drug-likeness (QED) is 0.747. The van der Waals surface area contributed by atoms with E-state index in [0.29, 0.717) is 16.9 Å². The predicted octanol–water partition coefficient (Wildman–Crippen LogP) is 4.91. The molecule has 19 heavy (non-hydrogen) atoms. The van der Waals surface area contributed by atoms with Crippen molar-refractivity contribution in [2.45, 2.75) is 44.9 Å². The van der Waals surface area contributed by atoms with Gasteiger partial charge in [-0.15, -0.1) is 0 Å². The van der Waals surface area contributed by atoms with Crippen LogP contribution in [0.2, 0.25) is 0 Å². The van der Waals surface area contributed by atoms with E-state index in [9.17, 15) is 4.79 Å². The highest BCUT2D eigenvalue weighted by atomic mass is 79.9. The molecule has 1 heterocycles. The lowest BCUT2D eigenvalue weighted by Crippen LogP contribution is -2.09. The zero-order valence-electron chi connectivity index (χ0n) is 11.0. The van der Waals surface area contributed by atoms with E-state index >= 15 is 0 Å². The van der Waals surface area contributed by atoms with E-state index in [4.69, 9.17) is 4.42 Å². The van der Waals surface area contributed by atoms with Gasteiger partial charge in [-0.25, -0.2) is 0 Å². The van der Waals surface area contributed by atoms with Crippen molar-refractivity contribution >= 4 is 26.9 Å². The molecule has 0 saturated heterocycles. The van der Waals surface area contributed by atoms with Gasteiger partial charge >= 0.3 is 0 Å². The van der Waals surface area contributed by atoms with Gasteiger partial charge in [-0.2, -0.15) is 0 Å². The van der Waals surface area contributed by atoms with Crippen LogP contribution in [-0.2, 0) is 0 Å². The molecular formula is C16H17BrO2. The van der Waals surface area contributed by atoms with Gasteiger partial charge < -0.3 is 4.42 Å². The van der Waals surface area contributed by atoms with E-state index in [-0.39, 0.29) is 5.43 Å². The van der Waals surface area contributed by atoms with Crippen LogP contribution >= 0.6 is 15.9 Å². The lowest BCUT2D eigenvalue weighted by atomic mass is 9.87. The summed E-state index contributed by atoms with van der Waals surface area (Å²) < 4.78 is 6.89. The van der Waals surface area contributed by atoms with Crippen molar-refractivity contribution in [3.05, 3.63) is 44.2 Å². The molecule has 1 saturated carbocycles. The molecule has 100 valence electrons. The number of hydrogen-bond acceptors (Lipinski definition) is 2. The summed E-state index contributed by atoms with van der Waals surface area (Å²) in [6.45, 7) is 1.98. The molecule has 1 aromatic heterocycles. The maximum absolute atomic E-state index is 12.3. The molecule has 3 heteroatoms. The minimum Gasteiger partial charge on any atom is -0.459 e. The maximum Gasteiger partial charge on any atom is 0.193 e. The Morgan fingerprint density at radius 1 is 1.16 bits per heavy atom. The molecule has 1 aliphatic carbocycles. The Balaban J connectivity index is 2.15. The Hall–Kier alpha value is -1.09. The van der Waals surface area contributed by atoms with Crippen LogP contribution in [0.5, 0.6) is 0 Å². The molecule has 1 aliphatic rings. The van der Waals surface area contributed by atoms with Crippen LogP contribution in [0.15, 0.2) is 31.9 Å². The van der Waals surface area contributed by atoms with Crippen LogP contribution in [0.4, 0.5) is 0 Å². The zero-order valence-corrected chi connectivity index (χ0v) is 12.6. The van der Waals surface area contributed by atoms with Crippen molar-refractivity contribution < 1.29 is 4.42 Å². The third-order valence-electron chi connectivity index (χ3n) is 3.95. The predicted molar refractivity (Wildman–Crippen MR) is 80.7 cm³/mol. The Morgan fingerprint density at radius 3 is 2.63 bits per heavy atom. The molecule has 0 atom stereocenters. The van der Waals surface area contributed by atoms with E-state index < -0.39 is 0 Å². The Morgan fingerprint density at radius 2 is 1.89 bits per heavy atom. The number of hydrogen-bond donors (Lipinski definition) is 0. The Labute approximate surface area is 120 Å². The summed E-state index contributed by atoms with van der Waals surface area (Å²) in [6.07, 6.45) is 6.05. The highest BCUT2D eigenvalue weighted by Gasteiger charge is 2.19. The summed E-state index contributed by atoms with van der Waals surface area (Å²) >= 11 is 3.51. The number of fused-ring (bicyclic) bond motifs is 1. The molecule has 1 aromatic carbocycles. The smallest absolute Gasteiger partial charge is 0.193 e. The van der Waals surface area contributed by atoms with Gasteiger partial charge in [-0.05, 0) is 53.4 Å². The van der Waals surface area contributed by atoms with Gasteiger partial charge in [0.25, 0.3) is 0 Å². The maximum atomic E-state index is 12.3. The normalized spacial score (nSPS) is 16.9. The van der Waals surface area contributed by atoms with Crippen molar-refractivity contribution in [2.75, 3.05) is 0 Å². The van der Waals surface area contributed by atoms with Crippen molar-refractivity contribution in [2.24, 2.45) is 0 Å². The molecule has 0 unspecified atom stereocenters. The fraction of sp³-hybridized carbons (Fsp3) is 0.438. The van der Waals surface area contributed by atoms with E-state index in [1.165, 1.54) is 19.3 Å². The van der Waals surface area contributed by atoms with E-state index in [2.05, 4.69) is 15.9 Å². The van der Waals surface area contributed by atoms with Gasteiger partial charge in [0, 0.05) is 12.0 Å². The van der Waals surface area contributed by atoms with Crippen LogP contribution in [0.25, 0.3) is 11.0 Å². The number of rotatable bonds is 1. The minimum absolute atomic E-state index is 0.0752. The lowest BCUT2D eigenvalue weighted by molar-refractivity contribution is 0.380. The van der Waals surface area contributed by atoms with Gasteiger partial charge in [0.05, 0.1) is 9.86 Å². The van der Waals surface area contributed by atoms with Gasteiger partial charge in [0.1, 0.15) is 5.76 Å². The van der Waals surface area contributed by atoms with Crippen molar-refractivity contribution in [1.82, 2.24) is 0 Å². The average Bonchev–Trinajstić information content (AvgIpc) is 2.41. The van der Waals surface area contributed by atoms with Crippen molar-refractivity contribution in [3.8, 4) is 0 Å². The van der Waals surface area contributed by atoms with E-state index in [1.54, 1.807) is 6.07 Å². The number of halogens is 1. The van der Waals surface area contributed by atoms with Crippen molar-refractivity contribution in [1.29, 1.82) is 0 Å². The van der Waals surface area contributed by atoms with Crippen LogP contribution in [0.3, 0.4) is 0 Å². The molecule has 2 nitrogen and oxygen atoms in total. The molecule has 2 aromatic rings. The molecule has 0 radical (unpaired) electrons. The SMILES string of the molecule is Cc1cc(Br)c2oc(C3CCCCC3)cc(=O)c2c1. The van der Waals surface area contributed by atoms with Gasteiger partial charge in [-0.3, -0.25) is 4.79 Å². The van der Waals surface area contributed by atoms with E-state index in [1.807, 2.05) is 19.1 Å². The fourth-order valence-corrected chi connectivity index (χ4v) is 3.61. The average molecular weight is 321 g/mol. The molecule has 1 fully saturated rings. The molecule has 0 amide bonds. The standard InChI is InChI=1S/C16H17BrO2/c1-10-7-12-14(18)9-15(11-5-3-2-4-6-11)19-16(12)13(17)8-10/h7-9,11H,2-6H2,1H3. The van der Waals surface area contributed by atoms with Crippen LogP contribution < -0.4 is 5.43 Å². The fourth-order valence-electron chi connectivity index (χ4n) is 2.96. The molecular weight excluding hydrogens is 304 g/mol. The highest BCUT2D eigenvalue weighted by molar-refractivity contribution is 9.10. The minimum atomic E-state index is 0.0752. The number of aryl methyl sites for hydroxylation is 1. The monoisotopic (exact) mass is 320 g/mol. The zero-order chi connectivity index (χ0) is 13.4.